The van der Waals surface area contributed by atoms with Gasteiger partial charge in [0.1, 0.15) is 0 Å². The number of pyridine rings is 1. The molecule has 2 heterocycles. The number of amides is 1. The van der Waals surface area contributed by atoms with Crippen LogP contribution >= 0.6 is 0 Å². The van der Waals surface area contributed by atoms with Gasteiger partial charge in [-0.3, -0.25) is 14.6 Å². The van der Waals surface area contributed by atoms with E-state index in [-0.39, 0.29) is 19.5 Å². The number of rotatable bonds is 6. The number of aliphatic carboxylic acids is 1. The molecule has 0 spiro atoms. The van der Waals surface area contributed by atoms with Crippen LogP contribution in [0.3, 0.4) is 0 Å². The van der Waals surface area contributed by atoms with Gasteiger partial charge in [-0.2, -0.15) is 0 Å². The summed E-state index contributed by atoms with van der Waals surface area (Å²) in [4.78, 5) is 27.1. The monoisotopic (exact) mass is 336 g/mol. The normalized spacial score (nSPS) is 20.7. The Morgan fingerprint density at radius 2 is 2.12 bits per heavy atom. The second kappa shape index (κ2) is 8.20. The summed E-state index contributed by atoms with van der Waals surface area (Å²) in [5.41, 5.74) is 12.8. The molecular weight excluding hydrogens is 315 g/mol. The lowest BCUT2D eigenvalue weighted by Gasteiger charge is -2.30. The number of hydrogen-bond donors (Lipinski definition) is 5. The first-order valence-corrected chi connectivity index (χ1v) is 7.68. The summed E-state index contributed by atoms with van der Waals surface area (Å²) in [5.74, 6) is -2.02. The highest BCUT2D eigenvalue weighted by Crippen LogP contribution is 2.19. The van der Waals surface area contributed by atoms with Crippen molar-refractivity contribution in [2.75, 3.05) is 0 Å². The Hall–Kier alpha value is -2.01. The molecule has 2 rings (SSSR count). The van der Waals surface area contributed by atoms with Crippen molar-refractivity contribution in [1.29, 1.82) is 0 Å². The standard InChI is InChI=1S/C14H21BN4O5/c16-5-8-3-9(7-18-11(8)6-17)14(22)19-12-2-1-10(4-13(20)21)24-15(12)23/h3,7,10,12,23H,1-2,4-6,16-17H2,(H,19,22)(H,20,21)/t10-,12-/m0/s1. The molecule has 10 heteroatoms. The van der Waals surface area contributed by atoms with Crippen molar-refractivity contribution in [3.05, 3.63) is 29.1 Å². The zero-order chi connectivity index (χ0) is 17.7. The van der Waals surface area contributed by atoms with Crippen LogP contribution in [0.5, 0.6) is 0 Å². The molecule has 1 aromatic heterocycles. The Kier molecular flexibility index (Phi) is 6.26. The number of carbonyl (C=O) groups excluding carboxylic acids is 1. The molecule has 0 aromatic carbocycles. The summed E-state index contributed by atoms with van der Waals surface area (Å²) in [6.07, 6.45) is 1.53. The molecule has 0 saturated carbocycles. The number of nitrogens with one attached hydrogen (secondary N) is 1. The highest BCUT2D eigenvalue weighted by atomic mass is 16.5. The molecule has 0 bridgehead atoms. The first-order chi connectivity index (χ1) is 11.4. The second-order valence-electron chi connectivity index (χ2n) is 5.64. The van der Waals surface area contributed by atoms with Crippen LogP contribution in [-0.2, 0) is 22.5 Å². The van der Waals surface area contributed by atoms with E-state index in [2.05, 4.69) is 10.3 Å². The molecule has 1 amide bonds. The minimum Gasteiger partial charge on any atom is -0.481 e. The van der Waals surface area contributed by atoms with Crippen LogP contribution in [0.1, 0.15) is 40.9 Å². The van der Waals surface area contributed by atoms with Gasteiger partial charge in [0.25, 0.3) is 5.91 Å². The van der Waals surface area contributed by atoms with Crippen LogP contribution in [-0.4, -0.2) is 46.2 Å². The molecule has 1 fully saturated rings. The molecule has 1 saturated heterocycles. The van der Waals surface area contributed by atoms with E-state index < -0.39 is 31.0 Å². The zero-order valence-corrected chi connectivity index (χ0v) is 13.1. The van der Waals surface area contributed by atoms with Gasteiger partial charge in [-0.15, -0.1) is 0 Å². The third-order valence-electron chi connectivity index (χ3n) is 3.93. The van der Waals surface area contributed by atoms with Gasteiger partial charge in [0.15, 0.2) is 0 Å². The lowest BCUT2D eigenvalue weighted by atomic mass is 9.72. The second-order valence-corrected chi connectivity index (χ2v) is 5.64. The van der Waals surface area contributed by atoms with Crippen molar-refractivity contribution in [1.82, 2.24) is 10.3 Å². The first kappa shape index (κ1) is 18.3. The Morgan fingerprint density at radius 3 is 2.71 bits per heavy atom. The quantitative estimate of drug-likeness (QED) is 0.404. The number of aromatic nitrogens is 1. The smallest absolute Gasteiger partial charge is 0.478 e. The fourth-order valence-electron chi connectivity index (χ4n) is 2.63. The predicted molar refractivity (Wildman–Crippen MR) is 85.6 cm³/mol. The molecule has 24 heavy (non-hydrogen) atoms. The predicted octanol–water partition coefficient (Wildman–Crippen LogP) is -1.23. The van der Waals surface area contributed by atoms with Crippen molar-refractivity contribution in [3.8, 4) is 0 Å². The maximum Gasteiger partial charge on any atom is 0.478 e. The number of carbonyl (C=O) groups is 2. The van der Waals surface area contributed by atoms with E-state index in [4.69, 9.17) is 21.2 Å². The van der Waals surface area contributed by atoms with E-state index in [9.17, 15) is 14.6 Å². The van der Waals surface area contributed by atoms with Gasteiger partial charge in [-0.1, -0.05) is 0 Å². The molecule has 1 aromatic rings. The molecule has 9 nitrogen and oxygen atoms in total. The highest BCUT2D eigenvalue weighted by molar-refractivity contribution is 6.45. The molecule has 130 valence electrons. The van der Waals surface area contributed by atoms with E-state index in [1.807, 2.05) is 0 Å². The van der Waals surface area contributed by atoms with Gasteiger partial charge in [-0.25, -0.2) is 0 Å². The van der Waals surface area contributed by atoms with Crippen LogP contribution < -0.4 is 16.8 Å². The van der Waals surface area contributed by atoms with Crippen molar-refractivity contribution in [2.24, 2.45) is 11.5 Å². The Bertz CT molecular complexity index is 615. The molecule has 0 radical (unpaired) electrons. The summed E-state index contributed by atoms with van der Waals surface area (Å²) < 4.78 is 5.24. The summed E-state index contributed by atoms with van der Waals surface area (Å²) in [6.45, 7) is 0.446. The number of hydrogen-bond acceptors (Lipinski definition) is 7. The molecule has 1 aliphatic rings. The van der Waals surface area contributed by atoms with Crippen molar-refractivity contribution >= 4 is 19.0 Å². The fraction of sp³-hybridized carbons (Fsp3) is 0.500. The summed E-state index contributed by atoms with van der Waals surface area (Å²) in [5, 5.41) is 21.4. The van der Waals surface area contributed by atoms with Crippen LogP contribution in [0.15, 0.2) is 12.3 Å². The Balaban J connectivity index is 1.99. The maximum absolute atomic E-state index is 12.3. The Labute approximate surface area is 139 Å². The lowest BCUT2D eigenvalue weighted by molar-refractivity contribution is -0.139. The van der Waals surface area contributed by atoms with Crippen molar-refractivity contribution in [2.45, 2.75) is 44.4 Å². The minimum atomic E-state index is -1.25. The lowest BCUT2D eigenvalue weighted by Crippen LogP contribution is -2.53. The van der Waals surface area contributed by atoms with Crippen LogP contribution in [0.25, 0.3) is 0 Å². The summed E-state index contributed by atoms with van der Waals surface area (Å²) >= 11 is 0. The average molecular weight is 336 g/mol. The van der Waals surface area contributed by atoms with Gasteiger partial charge in [-0.05, 0) is 24.5 Å². The van der Waals surface area contributed by atoms with Crippen LogP contribution in [0.4, 0.5) is 0 Å². The topological polar surface area (TPSA) is 161 Å². The third kappa shape index (κ3) is 4.51. The van der Waals surface area contributed by atoms with E-state index in [0.717, 1.165) is 0 Å². The SMILES string of the molecule is NCc1cc(C(=O)N[C@H]2CC[C@@H](CC(=O)O)OB2O)cnc1CN. The highest BCUT2D eigenvalue weighted by Gasteiger charge is 2.36. The number of nitrogens with two attached hydrogens (primary N) is 2. The molecule has 0 unspecified atom stereocenters. The molecule has 1 aliphatic heterocycles. The number of nitrogens with zero attached hydrogens (tertiary/aromatic N) is 1. The van der Waals surface area contributed by atoms with E-state index in [0.29, 0.717) is 29.7 Å². The summed E-state index contributed by atoms with van der Waals surface area (Å²) in [6, 6.07) is 1.62. The third-order valence-corrected chi connectivity index (χ3v) is 3.93. The average Bonchev–Trinajstić information content (AvgIpc) is 2.56. The summed E-state index contributed by atoms with van der Waals surface area (Å²) in [7, 11) is -1.25. The minimum absolute atomic E-state index is 0.179. The van der Waals surface area contributed by atoms with Crippen molar-refractivity contribution in [3.63, 3.8) is 0 Å². The van der Waals surface area contributed by atoms with Gasteiger partial charge in [0.2, 0.25) is 0 Å². The van der Waals surface area contributed by atoms with Gasteiger partial charge in [0, 0.05) is 19.3 Å². The number of carboxylic acids is 1. The van der Waals surface area contributed by atoms with Gasteiger partial charge in [0.05, 0.1) is 29.7 Å². The van der Waals surface area contributed by atoms with Crippen molar-refractivity contribution < 1.29 is 24.4 Å². The van der Waals surface area contributed by atoms with E-state index >= 15 is 0 Å². The molecular formula is C14H21BN4O5. The van der Waals surface area contributed by atoms with E-state index in [1.54, 1.807) is 6.07 Å². The Morgan fingerprint density at radius 1 is 1.38 bits per heavy atom. The maximum atomic E-state index is 12.3. The van der Waals surface area contributed by atoms with Crippen LogP contribution in [0, 0.1) is 0 Å². The fourth-order valence-corrected chi connectivity index (χ4v) is 2.63. The molecule has 7 N–H and O–H groups in total. The van der Waals surface area contributed by atoms with Gasteiger partial charge >= 0.3 is 13.1 Å². The first-order valence-electron chi connectivity index (χ1n) is 7.68. The molecule has 0 aliphatic carbocycles. The zero-order valence-electron chi connectivity index (χ0n) is 13.1. The van der Waals surface area contributed by atoms with Crippen LogP contribution in [0.2, 0.25) is 0 Å². The number of carboxylic acid groups (broad SMARTS) is 1. The molecule has 2 atom stereocenters. The largest absolute Gasteiger partial charge is 0.481 e. The van der Waals surface area contributed by atoms with E-state index in [1.165, 1.54) is 6.20 Å². The van der Waals surface area contributed by atoms with Gasteiger partial charge < -0.3 is 31.6 Å².